The van der Waals surface area contributed by atoms with Gasteiger partial charge in [-0.3, -0.25) is 0 Å². The van der Waals surface area contributed by atoms with Crippen LogP contribution < -0.4 is 11.1 Å². The van der Waals surface area contributed by atoms with E-state index in [0.717, 1.165) is 12.8 Å². The molecule has 2 rings (SSSR count). The van der Waals surface area contributed by atoms with E-state index in [-0.39, 0.29) is 6.04 Å². The van der Waals surface area contributed by atoms with Gasteiger partial charge in [0.2, 0.25) is 0 Å². The summed E-state index contributed by atoms with van der Waals surface area (Å²) in [6.45, 7) is 0.907. The zero-order valence-corrected chi connectivity index (χ0v) is 11.0. The van der Waals surface area contributed by atoms with Crippen LogP contribution in [0.4, 0.5) is 0 Å². The third-order valence-electron chi connectivity index (χ3n) is 3.74. The van der Waals surface area contributed by atoms with E-state index in [1.54, 1.807) is 11.3 Å². The van der Waals surface area contributed by atoms with Crippen LogP contribution in [0, 0.1) is 5.92 Å². The minimum atomic E-state index is 0.235. The minimum Gasteiger partial charge on any atom is -0.396 e. The number of rotatable bonds is 5. The Morgan fingerprint density at radius 2 is 2.29 bits per heavy atom. The highest BCUT2D eigenvalue weighted by Gasteiger charge is 2.26. The van der Waals surface area contributed by atoms with Crippen LogP contribution in [0.15, 0.2) is 16.8 Å². The molecule has 1 saturated carbocycles. The lowest BCUT2D eigenvalue weighted by molar-refractivity contribution is 0.146. The predicted molar refractivity (Wildman–Crippen MR) is 72.1 cm³/mol. The van der Waals surface area contributed by atoms with Gasteiger partial charge in [-0.15, -0.1) is 0 Å². The number of nitrogens with one attached hydrogen (secondary N) is 1. The van der Waals surface area contributed by atoms with Crippen LogP contribution in [0.5, 0.6) is 0 Å². The van der Waals surface area contributed by atoms with Gasteiger partial charge >= 0.3 is 0 Å². The SMILES string of the molecule is NCC(NC1CCCCC1CO)c1ccsc1. The average molecular weight is 254 g/mol. The van der Waals surface area contributed by atoms with Gasteiger partial charge in [0.25, 0.3) is 0 Å². The molecule has 0 saturated heterocycles. The Balaban J connectivity index is 1.97. The van der Waals surface area contributed by atoms with Crippen LogP contribution >= 0.6 is 11.3 Å². The first kappa shape index (κ1) is 13.0. The molecule has 1 aliphatic rings. The van der Waals surface area contributed by atoms with Gasteiger partial charge in [0.15, 0.2) is 0 Å². The molecule has 3 atom stereocenters. The number of thiophene rings is 1. The molecule has 1 aromatic heterocycles. The molecule has 0 spiro atoms. The molecule has 4 heteroatoms. The highest BCUT2D eigenvalue weighted by Crippen LogP contribution is 2.26. The fraction of sp³-hybridized carbons (Fsp3) is 0.692. The first-order valence-corrected chi connectivity index (χ1v) is 7.38. The Morgan fingerprint density at radius 3 is 2.94 bits per heavy atom. The molecule has 1 aromatic rings. The Morgan fingerprint density at radius 1 is 1.47 bits per heavy atom. The molecule has 3 unspecified atom stereocenters. The van der Waals surface area contributed by atoms with Crippen molar-refractivity contribution in [2.45, 2.75) is 37.8 Å². The van der Waals surface area contributed by atoms with Crippen LogP contribution in [-0.2, 0) is 0 Å². The third kappa shape index (κ3) is 3.28. The quantitative estimate of drug-likeness (QED) is 0.752. The Hall–Kier alpha value is -0.420. The van der Waals surface area contributed by atoms with Crippen LogP contribution in [0.2, 0.25) is 0 Å². The van der Waals surface area contributed by atoms with E-state index in [1.807, 2.05) is 0 Å². The molecule has 1 aliphatic carbocycles. The maximum absolute atomic E-state index is 9.41. The first-order chi connectivity index (χ1) is 8.35. The summed E-state index contributed by atoms with van der Waals surface area (Å²) in [6, 6.07) is 2.78. The van der Waals surface area contributed by atoms with Crippen molar-refractivity contribution in [2.24, 2.45) is 11.7 Å². The van der Waals surface area contributed by atoms with E-state index < -0.39 is 0 Å². The van der Waals surface area contributed by atoms with E-state index in [9.17, 15) is 5.11 Å². The number of aliphatic hydroxyl groups excluding tert-OH is 1. The van der Waals surface area contributed by atoms with E-state index in [0.29, 0.717) is 25.1 Å². The lowest BCUT2D eigenvalue weighted by Crippen LogP contribution is -2.44. The van der Waals surface area contributed by atoms with Gasteiger partial charge in [0.1, 0.15) is 0 Å². The van der Waals surface area contributed by atoms with Crippen molar-refractivity contribution < 1.29 is 5.11 Å². The number of aliphatic hydroxyl groups is 1. The standard InChI is InChI=1S/C13H22N2OS/c14-7-13(11-5-6-17-9-11)15-12-4-2-1-3-10(12)8-16/h5-6,9-10,12-13,15-16H,1-4,7-8,14H2. The molecule has 0 bridgehead atoms. The van der Waals surface area contributed by atoms with Crippen molar-refractivity contribution in [1.82, 2.24) is 5.32 Å². The Kier molecular flexibility index (Phi) is 4.98. The fourth-order valence-electron chi connectivity index (χ4n) is 2.68. The summed E-state index contributed by atoms with van der Waals surface area (Å²) in [5.41, 5.74) is 7.13. The van der Waals surface area contributed by atoms with Crippen LogP contribution in [0.25, 0.3) is 0 Å². The van der Waals surface area contributed by atoms with Gasteiger partial charge in [-0.05, 0) is 41.1 Å². The van der Waals surface area contributed by atoms with Crippen LogP contribution in [-0.4, -0.2) is 24.3 Å². The van der Waals surface area contributed by atoms with Crippen molar-refractivity contribution in [3.8, 4) is 0 Å². The lowest BCUT2D eigenvalue weighted by atomic mass is 9.84. The zero-order valence-electron chi connectivity index (χ0n) is 10.1. The second-order valence-corrected chi connectivity index (χ2v) is 5.63. The number of hydrogen-bond donors (Lipinski definition) is 3. The molecule has 0 radical (unpaired) electrons. The second kappa shape index (κ2) is 6.50. The maximum atomic E-state index is 9.41. The third-order valence-corrected chi connectivity index (χ3v) is 4.44. The fourth-order valence-corrected chi connectivity index (χ4v) is 3.39. The van der Waals surface area contributed by atoms with Crippen molar-refractivity contribution in [3.63, 3.8) is 0 Å². The predicted octanol–water partition coefficient (Wildman–Crippen LogP) is 1.89. The highest BCUT2D eigenvalue weighted by molar-refractivity contribution is 7.07. The lowest BCUT2D eigenvalue weighted by Gasteiger charge is -2.34. The summed E-state index contributed by atoms with van der Waals surface area (Å²) in [7, 11) is 0. The smallest absolute Gasteiger partial charge is 0.0474 e. The number of nitrogens with two attached hydrogens (primary N) is 1. The van der Waals surface area contributed by atoms with Gasteiger partial charge in [0, 0.05) is 25.2 Å². The van der Waals surface area contributed by atoms with Crippen molar-refractivity contribution in [1.29, 1.82) is 0 Å². The minimum absolute atomic E-state index is 0.235. The van der Waals surface area contributed by atoms with Crippen molar-refractivity contribution in [3.05, 3.63) is 22.4 Å². The van der Waals surface area contributed by atoms with Gasteiger partial charge in [-0.2, -0.15) is 11.3 Å². The van der Waals surface area contributed by atoms with Crippen molar-refractivity contribution in [2.75, 3.05) is 13.2 Å². The first-order valence-electron chi connectivity index (χ1n) is 6.44. The molecule has 96 valence electrons. The van der Waals surface area contributed by atoms with Crippen LogP contribution in [0.3, 0.4) is 0 Å². The summed E-state index contributed by atoms with van der Waals surface area (Å²) in [5.74, 6) is 0.399. The molecule has 4 N–H and O–H groups in total. The van der Waals surface area contributed by atoms with E-state index in [2.05, 4.69) is 22.1 Å². The van der Waals surface area contributed by atoms with Gasteiger partial charge in [-0.1, -0.05) is 12.8 Å². The highest BCUT2D eigenvalue weighted by atomic mass is 32.1. The summed E-state index contributed by atoms with van der Waals surface area (Å²) in [4.78, 5) is 0. The molecular formula is C13H22N2OS. The normalized spacial score (nSPS) is 26.9. The topological polar surface area (TPSA) is 58.3 Å². The second-order valence-electron chi connectivity index (χ2n) is 4.85. The Labute approximate surface area is 107 Å². The summed E-state index contributed by atoms with van der Waals surface area (Å²) in [5, 5.41) is 17.3. The van der Waals surface area contributed by atoms with Gasteiger partial charge in [-0.25, -0.2) is 0 Å². The number of hydrogen-bond acceptors (Lipinski definition) is 4. The molecule has 1 fully saturated rings. The molecule has 1 heterocycles. The van der Waals surface area contributed by atoms with Crippen molar-refractivity contribution >= 4 is 11.3 Å². The summed E-state index contributed by atoms with van der Waals surface area (Å²) in [6.07, 6.45) is 4.80. The van der Waals surface area contributed by atoms with E-state index in [1.165, 1.54) is 18.4 Å². The maximum Gasteiger partial charge on any atom is 0.0474 e. The molecule has 0 amide bonds. The van der Waals surface area contributed by atoms with E-state index in [4.69, 9.17) is 5.73 Å². The van der Waals surface area contributed by atoms with Crippen LogP contribution in [0.1, 0.15) is 37.3 Å². The summed E-state index contributed by atoms with van der Waals surface area (Å²) < 4.78 is 0. The average Bonchev–Trinajstić information content (AvgIpc) is 2.90. The molecule has 0 aliphatic heterocycles. The zero-order chi connectivity index (χ0) is 12.1. The van der Waals surface area contributed by atoms with Gasteiger partial charge in [0.05, 0.1) is 0 Å². The molecule has 0 aromatic carbocycles. The molecular weight excluding hydrogens is 232 g/mol. The molecule has 17 heavy (non-hydrogen) atoms. The summed E-state index contributed by atoms with van der Waals surface area (Å²) >= 11 is 1.71. The monoisotopic (exact) mass is 254 g/mol. The molecule has 3 nitrogen and oxygen atoms in total. The van der Waals surface area contributed by atoms with Gasteiger partial charge < -0.3 is 16.2 Å². The van der Waals surface area contributed by atoms with E-state index >= 15 is 0 Å². The Bertz CT molecular complexity index is 315. The largest absolute Gasteiger partial charge is 0.396 e.